The molecule has 1 N–H and O–H groups in total. The van der Waals surface area contributed by atoms with Gasteiger partial charge in [0.05, 0.1) is 18.7 Å². The molecule has 0 aliphatic carbocycles. The Morgan fingerprint density at radius 3 is 2.62 bits per heavy atom. The number of hydrogen-bond acceptors (Lipinski definition) is 7. The predicted molar refractivity (Wildman–Crippen MR) is 126 cm³/mol. The van der Waals surface area contributed by atoms with Crippen LogP contribution in [0.3, 0.4) is 0 Å². The summed E-state index contributed by atoms with van der Waals surface area (Å²) in [5.74, 6) is -1.35. The van der Waals surface area contributed by atoms with Gasteiger partial charge in [0.2, 0.25) is 5.91 Å². The number of ether oxygens (including phenoxy) is 1. The maximum atomic E-state index is 13.1. The molecule has 7 nitrogen and oxygen atoms in total. The number of rotatable bonds is 6. The van der Waals surface area contributed by atoms with Gasteiger partial charge in [0.25, 0.3) is 10.0 Å². The van der Waals surface area contributed by atoms with Gasteiger partial charge in [-0.15, -0.1) is 22.7 Å². The summed E-state index contributed by atoms with van der Waals surface area (Å²) in [7, 11) is -2.32. The third-order valence-corrected chi connectivity index (χ3v) is 9.67. The minimum Gasteiger partial charge on any atom is -0.465 e. The van der Waals surface area contributed by atoms with Crippen molar-refractivity contribution in [3.8, 4) is 10.4 Å². The second-order valence-corrected chi connectivity index (χ2v) is 11.5. The lowest BCUT2D eigenvalue weighted by Crippen LogP contribution is -2.43. The molecule has 0 saturated carbocycles. The molecule has 0 spiro atoms. The average molecular weight is 491 g/mol. The average Bonchev–Trinajstić information content (AvgIpc) is 3.50. The van der Waals surface area contributed by atoms with E-state index < -0.39 is 21.9 Å². The van der Waals surface area contributed by atoms with Gasteiger partial charge in [-0.25, -0.2) is 13.2 Å². The summed E-state index contributed by atoms with van der Waals surface area (Å²) in [6.07, 6.45) is 1.16. The first kappa shape index (κ1) is 22.7. The Hall–Kier alpha value is -2.53. The van der Waals surface area contributed by atoms with Crippen molar-refractivity contribution in [2.75, 3.05) is 25.5 Å². The number of benzene rings is 1. The highest BCUT2D eigenvalue weighted by molar-refractivity contribution is 7.91. The normalized spacial score (nSPS) is 17.1. The van der Waals surface area contributed by atoms with E-state index in [1.807, 2.05) is 30.3 Å². The molecule has 4 rings (SSSR count). The summed E-state index contributed by atoms with van der Waals surface area (Å²) in [4.78, 5) is 26.5. The standard InChI is InChI=1S/C22H22N2O5S3/c1-29-22(26)20-17(13-18(31-20)15-7-3-2-4-8-15)23-21(25)16-9-5-11-24(14-16)32(27,28)19-10-6-12-30-19/h2-4,6-8,10,12-13,16H,5,9,11,14H2,1H3,(H,23,25). The fraction of sp³-hybridized carbons (Fsp3) is 0.273. The summed E-state index contributed by atoms with van der Waals surface area (Å²) in [6.45, 7) is 0.489. The summed E-state index contributed by atoms with van der Waals surface area (Å²) < 4.78 is 32.3. The van der Waals surface area contributed by atoms with E-state index in [0.717, 1.165) is 21.8 Å². The number of amides is 1. The minimum atomic E-state index is -3.62. The largest absolute Gasteiger partial charge is 0.465 e. The number of thiophene rings is 2. The number of sulfonamides is 1. The van der Waals surface area contributed by atoms with Gasteiger partial charge in [-0.2, -0.15) is 4.31 Å². The zero-order valence-electron chi connectivity index (χ0n) is 17.3. The van der Waals surface area contributed by atoms with Gasteiger partial charge in [0.1, 0.15) is 9.09 Å². The molecule has 1 fully saturated rings. The molecule has 1 aliphatic rings. The number of hydrogen-bond donors (Lipinski definition) is 1. The van der Waals surface area contributed by atoms with Crippen molar-refractivity contribution in [2.24, 2.45) is 5.92 Å². The molecule has 1 amide bonds. The lowest BCUT2D eigenvalue weighted by molar-refractivity contribution is -0.120. The Labute approximate surface area is 194 Å². The highest BCUT2D eigenvalue weighted by atomic mass is 32.2. The number of nitrogens with one attached hydrogen (secondary N) is 1. The molecule has 1 saturated heterocycles. The molecule has 1 atom stereocenters. The maximum Gasteiger partial charge on any atom is 0.350 e. The van der Waals surface area contributed by atoms with Crippen LogP contribution in [0.1, 0.15) is 22.5 Å². The molecular weight excluding hydrogens is 468 g/mol. The van der Waals surface area contributed by atoms with Gasteiger partial charge in [0, 0.05) is 18.0 Å². The van der Waals surface area contributed by atoms with E-state index >= 15 is 0 Å². The molecule has 1 unspecified atom stereocenters. The van der Waals surface area contributed by atoms with Crippen LogP contribution in [0.5, 0.6) is 0 Å². The Morgan fingerprint density at radius 1 is 1.16 bits per heavy atom. The lowest BCUT2D eigenvalue weighted by Gasteiger charge is -2.30. The molecule has 168 valence electrons. The Kier molecular flexibility index (Phi) is 6.75. The number of methoxy groups -OCH3 is 1. The molecule has 2 aromatic heterocycles. The van der Waals surface area contributed by atoms with Crippen molar-refractivity contribution < 1.29 is 22.7 Å². The Bertz CT molecular complexity index is 1200. The van der Waals surface area contributed by atoms with E-state index in [1.54, 1.807) is 23.6 Å². The van der Waals surface area contributed by atoms with E-state index in [1.165, 1.54) is 22.8 Å². The third kappa shape index (κ3) is 4.63. The molecule has 0 radical (unpaired) electrons. The number of carbonyl (C=O) groups is 2. The monoisotopic (exact) mass is 490 g/mol. The summed E-state index contributed by atoms with van der Waals surface area (Å²) in [5.41, 5.74) is 1.30. The van der Waals surface area contributed by atoms with Gasteiger partial charge < -0.3 is 10.1 Å². The van der Waals surface area contributed by atoms with E-state index in [-0.39, 0.29) is 16.7 Å². The van der Waals surface area contributed by atoms with Crippen molar-refractivity contribution in [3.05, 3.63) is 58.8 Å². The van der Waals surface area contributed by atoms with Crippen molar-refractivity contribution in [2.45, 2.75) is 17.1 Å². The molecule has 32 heavy (non-hydrogen) atoms. The molecule has 0 bridgehead atoms. The predicted octanol–water partition coefficient (Wildman–Crippen LogP) is 4.30. The summed E-state index contributed by atoms with van der Waals surface area (Å²) in [6, 6.07) is 14.6. The van der Waals surface area contributed by atoms with Crippen molar-refractivity contribution in [1.29, 1.82) is 0 Å². The number of nitrogens with zero attached hydrogens (tertiary/aromatic N) is 1. The van der Waals surface area contributed by atoms with Gasteiger partial charge in [-0.05, 0) is 35.9 Å². The van der Waals surface area contributed by atoms with Crippen molar-refractivity contribution in [3.63, 3.8) is 0 Å². The molecule has 3 aromatic rings. The topological polar surface area (TPSA) is 92.8 Å². The molecule has 10 heteroatoms. The third-order valence-electron chi connectivity index (χ3n) is 5.26. The fourth-order valence-electron chi connectivity index (χ4n) is 3.62. The first-order chi connectivity index (χ1) is 15.4. The highest BCUT2D eigenvalue weighted by Gasteiger charge is 2.34. The van der Waals surface area contributed by atoms with Crippen LogP contribution in [-0.4, -0.2) is 44.8 Å². The van der Waals surface area contributed by atoms with E-state index in [0.29, 0.717) is 30.0 Å². The number of esters is 1. The number of piperidine rings is 1. The Morgan fingerprint density at radius 2 is 1.94 bits per heavy atom. The fourth-order valence-corrected chi connectivity index (χ4v) is 7.33. The lowest BCUT2D eigenvalue weighted by atomic mass is 9.98. The smallest absolute Gasteiger partial charge is 0.350 e. The van der Waals surface area contributed by atoms with Gasteiger partial charge in [-0.3, -0.25) is 4.79 Å². The van der Waals surface area contributed by atoms with E-state index in [2.05, 4.69) is 5.32 Å². The Balaban J connectivity index is 1.54. The van der Waals surface area contributed by atoms with Gasteiger partial charge >= 0.3 is 5.97 Å². The quantitative estimate of drug-likeness (QED) is 0.520. The summed E-state index contributed by atoms with van der Waals surface area (Å²) >= 11 is 2.41. The number of anilines is 1. The van der Waals surface area contributed by atoms with Crippen LogP contribution in [-0.2, 0) is 19.6 Å². The van der Waals surface area contributed by atoms with Crippen LogP contribution in [0.25, 0.3) is 10.4 Å². The minimum absolute atomic E-state index is 0.106. The van der Waals surface area contributed by atoms with Crippen LogP contribution >= 0.6 is 22.7 Å². The maximum absolute atomic E-state index is 13.1. The van der Waals surface area contributed by atoms with E-state index in [4.69, 9.17) is 4.74 Å². The molecular formula is C22H22N2O5S3. The highest BCUT2D eigenvalue weighted by Crippen LogP contribution is 2.36. The van der Waals surface area contributed by atoms with Crippen LogP contribution in [0.2, 0.25) is 0 Å². The van der Waals surface area contributed by atoms with E-state index in [9.17, 15) is 18.0 Å². The second kappa shape index (κ2) is 9.53. The summed E-state index contributed by atoms with van der Waals surface area (Å²) in [5, 5.41) is 4.56. The molecule has 1 aliphatic heterocycles. The van der Waals surface area contributed by atoms with Crippen LogP contribution in [0.15, 0.2) is 58.1 Å². The van der Waals surface area contributed by atoms with Crippen LogP contribution in [0, 0.1) is 5.92 Å². The first-order valence-electron chi connectivity index (χ1n) is 10.0. The van der Waals surface area contributed by atoms with Crippen molar-refractivity contribution >= 4 is 50.3 Å². The van der Waals surface area contributed by atoms with Crippen LogP contribution < -0.4 is 5.32 Å². The molecule has 3 heterocycles. The zero-order chi connectivity index (χ0) is 22.7. The van der Waals surface area contributed by atoms with Gasteiger partial charge in [0.15, 0.2) is 0 Å². The number of carbonyl (C=O) groups excluding carboxylic acids is 2. The first-order valence-corrected chi connectivity index (χ1v) is 13.2. The molecule has 1 aromatic carbocycles. The van der Waals surface area contributed by atoms with Crippen molar-refractivity contribution in [1.82, 2.24) is 4.31 Å². The van der Waals surface area contributed by atoms with Gasteiger partial charge in [-0.1, -0.05) is 36.4 Å². The van der Waals surface area contributed by atoms with Crippen LogP contribution in [0.4, 0.5) is 5.69 Å². The zero-order valence-corrected chi connectivity index (χ0v) is 19.8. The second-order valence-electron chi connectivity index (χ2n) is 7.33. The SMILES string of the molecule is COC(=O)c1sc(-c2ccccc2)cc1NC(=O)C1CCCN(S(=O)(=O)c2cccs2)C1.